The molecular formula is C21H20F3N3OS. The normalized spacial score (nSPS) is 15.6. The van der Waals surface area contributed by atoms with Crippen molar-refractivity contribution in [3.05, 3.63) is 59.1 Å². The van der Waals surface area contributed by atoms with Crippen LogP contribution in [-0.2, 0) is 17.5 Å². The number of nitrogens with one attached hydrogen (secondary N) is 1. The number of anilines is 1. The van der Waals surface area contributed by atoms with Gasteiger partial charge >= 0.3 is 6.18 Å². The molecule has 0 bridgehead atoms. The van der Waals surface area contributed by atoms with E-state index in [0.717, 1.165) is 17.3 Å². The van der Waals surface area contributed by atoms with E-state index in [2.05, 4.69) is 21.3 Å². The number of piperidine rings is 1. The number of carbonyl (C=O) groups is 1. The summed E-state index contributed by atoms with van der Waals surface area (Å²) in [5.41, 5.74) is -0.621. The summed E-state index contributed by atoms with van der Waals surface area (Å²) in [6, 6.07) is 9.39. The molecule has 0 radical (unpaired) electrons. The Labute approximate surface area is 170 Å². The van der Waals surface area contributed by atoms with Crippen molar-refractivity contribution in [2.24, 2.45) is 5.92 Å². The van der Waals surface area contributed by atoms with E-state index >= 15 is 0 Å². The number of nitrogens with zero attached hydrogens (tertiary/aromatic N) is 2. The summed E-state index contributed by atoms with van der Waals surface area (Å²) in [6.07, 6.45) is -1.34. The lowest BCUT2D eigenvalue weighted by Crippen LogP contribution is -2.40. The van der Waals surface area contributed by atoms with Crippen molar-refractivity contribution in [1.29, 1.82) is 0 Å². The quantitative estimate of drug-likeness (QED) is 0.658. The molecule has 1 saturated heterocycles. The number of halogens is 3. The topological polar surface area (TPSA) is 45.2 Å². The van der Waals surface area contributed by atoms with Crippen LogP contribution in [0.5, 0.6) is 0 Å². The molecule has 8 heteroatoms. The number of hydrogen-bond donors (Lipinski definition) is 1. The number of amides is 1. The maximum Gasteiger partial charge on any atom is 0.416 e. The minimum atomic E-state index is -4.43. The molecule has 3 aromatic rings. The second-order valence-electron chi connectivity index (χ2n) is 7.10. The van der Waals surface area contributed by atoms with Gasteiger partial charge in [0.05, 0.1) is 5.56 Å². The monoisotopic (exact) mass is 419 g/mol. The Morgan fingerprint density at radius 3 is 2.69 bits per heavy atom. The highest BCUT2D eigenvalue weighted by atomic mass is 32.1. The second kappa shape index (κ2) is 8.02. The van der Waals surface area contributed by atoms with Gasteiger partial charge in [-0.3, -0.25) is 4.79 Å². The highest BCUT2D eigenvalue weighted by Crippen LogP contribution is 2.33. The van der Waals surface area contributed by atoms with Gasteiger partial charge < -0.3 is 10.2 Å². The summed E-state index contributed by atoms with van der Waals surface area (Å²) >= 11 is 1.67. The maximum absolute atomic E-state index is 13.1. The van der Waals surface area contributed by atoms with E-state index in [0.29, 0.717) is 25.9 Å². The van der Waals surface area contributed by atoms with Gasteiger partial charge in [-0.2, -0.15) is 13.2 Å². The molecule has 1 fully saturated rings. The number of hydrogen-bond acceptors (Lipinski definition) is 4. The first-order valence-electron chi connectivity index (χ1n) is 9.43. The lowest BCUT2D eigenvalue weighted by molar-refractivity contribution is -0.138. The fraction of sp³-hybridized carbons (Fsp3) is 0.333. The first kappa shape index (κ1) is 19.7. The van der Waals surface area contributed by atoms with E-state index in [-0.39, 0.29) is 23.9 Å². The van der Waals surface area contributed by atoms with Crippen molar-refractivity contribution in [3.8, 4) is 0 Å². The number of benzene rings is 1. The molecule has 1 aliphatic rings. The number of carbonyl (C=O) groups excluding carboxylic acids is 1. The summed E-state index contributed by atoms with van der Waals surface area (Å²) in [4.78, 5) is 19.2. The third-order valence-electron chi connectivity index (χ3n) is 5.30. The van der Waals surface area contributed by atoms with E-state index in [9.17, 15) is 18.0 Å². The van der Waals surface area contributed by atoms with Crippen LogP contribution in [0.25, 0.3) is 10.1 Å². The maximum atomic E-state index is 13.1. The van der Waals surface area contributed by atoms with Crippen LogP contribution in [-0.4, -0.2) is 24.0 Å². The molecule has 0 aliphatic carbocycles. The largest absolute Gasteiger partial charge is 0.416 e. The van der Waals surface area contributed by atoms with E-state index in [4.69, 9.17) is 0 Å². The minimum Gasteiger partial charge on any atom is -0.356 e. The number of aromatic nitrogens is 1. The van der Waals surface area contributed by atoms with Crippen LogP contribution in [0, 0.1) is 5.92 Å². The van der Waals surface area contributed by atoms with Crippen LogP contribution in [0.3, 0.4) is 0 Å². The summed E-state index contributed by atoms with van der Waals surface area (Å²) in [5.74, 6) is 0.538. The van der Waals surface area contributed by atoms with Crippen LogP contribution in [0.1, 0.15) is 24.0 Å². The van der Waals surface area contributed by atoms with Crippen LogP contribution < -0.4 is 10.2 Å². The van der Waals surface area contributed by atoms with Gasteiger partial charge in [0.2, 0.25) is 5.91 Å². The summed E-state index contributed by atoms with van der Waals surface area (Å²) in [7, 11) is 0. The Balaban J connectivity index is 1.36. The fourth-order valence-corrected chi connectivity index (χ4v) is 4.54. The Bertz CT molecular complexity index is 1010. The van der Waals surface area contributed by atoms with Crippen LogP contribution in [0.15, 0.2) is 48.0 Å². The minimum absolute atomic E-state index is 0.0825. The van der Waals surface area contributed by atoms with Crippen LogP contribution in [0.2, 0.25) is 0 Å². The zero-order valence-electron chi connectivity index (χ0n) is 15.6. The van der Waals surface area contributed by atoms with Gasteiger partial charge in [-0.25, -0.2) is 4.98 Å². The van der Waals surface area contributed by atoms with Gasteiger partial charge in [0.15, 0.2) is 0 Å². The van der Waals surface area contributed by atoms with Gasteiger partial charge in [-0.1, -0.05) is 18.2 Å². The molecule has 4 rings (SSSR count). The molecule has 1 aliphatic heterocycles. The van der Waals surface area contributed by atoms with Gasteiger partial charge in [-0.15, -0.1) is 11.3 Å². The van der Waals surface area contributed by atoms with Crippen molar-refractivity contribution in [2.75, 3.05) is 18.0 Å². The number of pyridine rings is 1. The number of fused-ring (bicyclic) bond motifs is 1. The molecule has 1 N–H and O–H groups in total. The van der Waals surface area contributed by atoms with Gasteiger partial charge in [-0.05, 0) is 42.0 Å². The first-order valence-corrected chi connectivity index (χ1v) is 10.3. The Kier molecular flexibility index (Phi) is 5.45. The second-order valence-corrected chi connectivity index (χ2v) is 8.05. The van der Waals surface area contributed by atoms with Crippen LogP contribution in [0.4, 0.5) is 19.0 Å². The molecular weight excluding hydrogens is 399 g/mol. The van der Waals surface area contributed by atoms with E-state index in [1.807, 2.05) is 11.4 Å². The molecule has 4 nitrogen and oxygen atoms in total. The third-order valence-corrected chi connectivity index (χ3v) is 6.18. The number of alkyl halides is 3. The average molecular weight is 419 g/mol. The van der Waals surface area contributed by atoms with E-state index in [1.165, 1.54) is 16.8 Å². The lowest BCUT2D eigenvalue weighted by Gasteiger charge is -2.32. The number of rotatable bonds is 4. The Hall–Kier alpha value is -2.61. The molecule has 1 amide bonds. The van der Waals surface area contributed by atoms with Crippen molar-refractivity contribution in [1.82, 2.24) is 10.3 Å². The van der Waals surface area contributed by atoms with Crippen molar-refractivity contribution in [2.45, 2.75) is 25.6 Å². The van der Waals surface area contributed by atoms with E-state index in [1.54, 1.807) is 23.6 Å². The van der Waals surface area contributed by atoms with Gasteiger partial charge in [0.25, 0.3) is 0 Å². The third kappa shape index (κ3) is 4.22. The molecule has 0 saturated carbocycles. The predicted molar refractivity (Wildman–Crippen MR) is 108 cm³/mol. The Morgan fingerprint density at radius 1 is 1.17 bits per heavy atom. The van der Waals surface area contributed by atoms with Crippen molar-refractivity contribution in [3.63, 3.8) is 0 Å². The highest BCUT2D eigenvalue weighted by molar-refractivity contribution is 7.17. The first-order chi connectivity index (χ1) is 13.9. The molecule has 1 aromatic carbocycles. The molecule has 29 heavy (non-hydrogen) atoms. The van der Waals surface area contributed by atoms with Gasteiger partial charge in [0, 0.05) is 41.8 Å². The lowest BCUT2D eigenvalue weighted by atomic mass is 9.95. The van der Waals surface area contributed by atoms with Crippen LogP contribution >= 0.6 is 11.3 Å². The molecule has 152 valence electrons. The Morgan fingerprint density at radius 2 is 1.93 bits per heavy atom. The zero-order chi connectivity index (χ0) is 20.4. The zero-order valence-corrected chi connectivity index (χ0v) is 16.4. The predicted octanol–water partition coefficient (Wildman–Crippen LogP) is 4.85. The molecule has 0 atom stereocenters. The van der Waals surface area contributed by atoms with Gasteiger partial charge in [0.1, 0.15) is 5.82 Å². The SMILES string of the molecule is O=C(NCc1ccccc1C(F)(F)F)C1CCN(c2nccc3sccc23)CC1. The van der Waals surface area contributed by atoms with Crippen molar-refractivity contribution >= 4 is 33.1 Å². The van der Waals surface area contributed by atoms with Crippen molar-refractivity contribution < 1.29 is 18.0 Å². The molecule has 3 heterocycles. The smallest absolute Gasteiger partial charge is 0.356 e. The summed E-state index contributed by atoms with van der Waals surface area (Å²) in [5, 5.41) is 5.84. The molecule has 0 unspecified atom stereocenters. The fourth-order valence-electron chi connectivity index (χ4n) is 3.76. The average Bonchev–Trinajstić information content (AvgIpc) is 3.20. The standard InChI is InChI=1S/C21H20F3N3OS/c22-21(23,24)17-4-2-1-3-15(17)13-26-20(28)14-6-10-27(11-7-14)19-16-8-12-29-18(16)5-9-25-19/h1-5,8-9,12,14H,6-7,10-11,13H2,(H,26,28). The molecule has 2 aromatic heterocycles. The summed E-state index contributed by atoms with van der Waals surface area (Å²) < 4.78 is 40.5. The number of thiophene rings is 1. The summed E-state index contributed by atoms with van der Waals surface area (Å²) in [6.45, 7) is 1.27. The highest BCUT2D eigenvalue weighted by Gasteiger charge is 2.33. The molecule has 0 spiro atoms. The van der Waals surface area contributed by atoms with E-state index < -0.39 is 11.7 Å².